The standard InChI is InChI=1S/C16H17NO4/c1-10(18)11-6-8-12(9-7-11)17-15(19)13-4-2-3-5-14(13)16(20)21/h2-3,6-9,13-14H,4-5H2,1H3,(H,17,19)(H,20,21)/t13-,14-/m1/s1. The second-order valence-electron chi connectivity index (χ2n) is 5.12. The molecule has 0 saturated heterocycles. The van der Waals surface area contributed by atoms with Crippen LogP contribution >= 0.6 is 0 Å². The summed E-state index contributed by atoms with van der Waals surface area (Å²) in [5.41, 5.74) is 1.13. The van der Waals surface area contributed by atoms with Crippen LogP contribution in [0, 0.1) is 11.8 Å². The van der Waals surface area contributed by atoms with Crippen LogP contribution in [0.25, 0.3) is 0 Å². The monoisotopic (exact) mass is 287 g/mol. The van der Waals surface area contributed by atoms with Crippen LogP contribution in [0.4, 0.5) is 5.69 Å². The molecule has 110 valence electrons. The molecule has 0 aromatic heterocycles. The van der Waals surface area contributed by atoms with Crippen LogP contribution in [-0.4, -0.2) is 22.8 Å². The largest absolute Gasteiger partial charge is 0.481 e. The number of Topliss-reactive ketones (excluding diaryl/α,β-unsaturated/α-hetero) is 1. The van der Waals surface area contributed by atoms with Gasteiger partial charge in [-0.05, 0) is 44.0 Å². The van der Waals surface area contributed by atoms with Crippen LogP contribution in [0.3, 0.4) is 0 Å². The first-order chi connectivity index (χ1) is 9.99. The lowest BCUT2D eigenvalue weighted by molar-refractivity contribution is -0.146. The highest BCUT2D eigenvalue weighted by Crippen LogP contribution is 2.27. The number of carboxylic acids is 1. The number of benzene rings is 1. The molecule has 0 spiro atoms. The molecule has 0 unspecified atom stereocenters. The summed E-state index contributed by atoms with van der Waals surface area (Å²) in [6.07, 6.45) is 4.43. The number of rotatable bonds is 4. The van der Waals surface area contributed by atoms with Crippen molar-refractivity contribution in [2.45, 2.75) is 19.8 Å². The van der Waals surface area contributed by atoms with Crippen molar-refractivity contribution in [2.75, 3.05) is 5.32 Å². The zero-order valence-electron chi connectivity index (χ0n) is 11.7. The number of carboxylic acid groups (broad SMARTS) is 1. The Labute approximate surface area is 122 Å². The smallest absolute Gasteiger partial charge is 0.307 e. The highest BCUT2D eigenvalue weighted by molar-refractivity contribution is 5.97. The van der Waals surface area contributed by atoms with Gasteiger partial charge in [0.1, 0.15) is 0 Å². The van der Waals surface area contributed by atoms with E-state index >= 15 is 0 Å². The van der Waals surface area contributed by atoms with Gasteiger partial charge in [-0.25, -0.2) is 0 Å². The van der Waals surface area contributed by atoms with Crippen LogP contribution in [0.1, 0.15) is 30.1 Å². The zero-order chi connectivity index (χ0) is 15.4. The summed E-state index contributed by atoms with van der Waals surface area (Å²) < 4.78 is 0. The Morgan fingerprint density at radius 1 is 1.05 bits per heavy atom. The van der Waals surface area contributed by atoms with E-state index in [0.717, 1.165) is 0 Å². The van der Waals surface area contributed by atoms with Crippen molar-refractivity contribution in [1.29, 1.82) is 0 Å². The predicted octanol–water partition coefficient (Wildman–Crippen LogP) is 2.49. The Bertz CT molecular complexity index is 589. The van der Waals surface area contributed by atoms with Gasteiger partial charge in [0.25, 0.3) is 0 Å². The number of aliphatic carboxylic acids is 1. The minimum atomic E-state index is -0.952. The maximum Gasteiger partial charge on any atom is 0.307 e. The minimum Gasteiger partial charge on any atom is -0.481 e. The fraction of sp³-hybridized carbons (Fsp3) is 0.312. The summed E-state index contributed by atoms with van der Waals surface area (Å²) in [5.74, 6) is -2.56. The minimum absolute atomic E-state index is 0.0452. The molecule has 1 aliphatic rings. The number of ketones is 1. The van der Waals surface area contributed by atoms with Gasteiger partial charge in [0.15, 0.2) is 5.78 Å². The molecule has 1 aromatic rings. The molecule has 2 atom stereocenters. The number of carbonyl (C=O) groups is 3. The maximum absolute atomic E-state index is 12.2. The van der Waals surface area contributed by atoms with Crippen molar-refractivity contribution in [3.05, 3.63) is 42.0 Å². The summed E-state index contributed by atoms with van der Waals surface area (Å²) in [6.45, 7) is 1.47. The van der Waals surface area contributed by atoms with Crippen LogP contribution in [0.5, 0.6) is 0 Å². The van der Waals surface area contributed by atoms with Crippen molar-refractivity contribution in [2.24, 2.45) is 11.8 Å². The van der Waals surface area contributed by atoms with Crippen molar-refractivity contribution in [1.82, 2.24) is 0 Å². The van der Waals surface area contributed by atoms with Gasteiger partial charge in [-0.3, -0.25) is 14.4 Å². The van der Waals surface area contributed by atoms with Crippen molar-refractivity contribution >= 4 is 23.3 Å². The topological polar surface area (TPSA) is 83.5 Å². The lowest BCUT2D eigenvalue weighted by atomic mass is 9.82. The summed E-state index contributed by atoms with van der Waals surface area (Å²) >= 11 is 0. The second kappa shape index (κ2) is 6.35. The molecule has 0 heterocycles. The van der Waals surface area contributed by atoms with Crippen molar-refractivity contribution in [3.63, 3.8) is 0 Å². The highest BCUT2D eigenvalue weighted by atomic mass is 16.4. The maximum atomic E-state index is 12.2. The van der Waals surface area contributed by atoms with Crippen LogP contribution in [0.15, 0.2) is 36.4 Å². The summed E-state index contributed by atoms with van der Waals surface area (Å²) in [4.78, 5) is 34.6. The molecule has 2 N–H and O–H groups in total. The molecule has 0 saturated carbocycles. The van der Waals surface area contributed by atoms with Gasteiger partial charge in [0.2, 0.25) is 5.91 Å². The second-order valence-corrected chi connectivity index (χ2v) is 5.12. The normalized spacial score (nSPS) is 20.8. The molecule has 1 amide bonds. The summed E-state index contributed by atoms with van der Waals surface area (Å²) in [5, 5.41) is 11.9. The number of allylic oxidation sites excluding steroid dienone is 2. The Hall–Kier alpha value is -2.43. The van der Waals surface area contributed by atoms with Gasteiger partial charge < -0.3 is 10.4 Å². The molecule has 1 aliphatic carbocycles. The number of hydrogen-bond donors (Lipinski definition) is 2. The van der Waals surface area contributed by atoms with Crippen molar-refractivity contribution in [3.8, 4) is 0 Å². The number of anilines is 1. The molecule has 5 nitrogen and oxygen atoms in total. The van der Waals surface area contributed by atoms with Gasteiger partial charge >= 0.3 is 5.97 Å². The third-order valence-electron chi connectivity index (χ3n) is 3.65. The number of hydrogen-bond acceptors (Lipinski definition) is 3. The van der Waals surface area contributed by atoms with Gasteiger partial charge in [-0.1, -0.05) is 12.2 Å². The predicted molar refractivity (Wildman–Crippen MR) is 78.1 cm³/mol. The number of amides is 1. The van der Waals surface area contributed by atoms with Crippen LogP contribution in [-0.2, 0) is 9.59 Å². The van der Waals surface area contributed by atoms with Crippen LogP contribution < -0.4 is 5.32 Å². The van der Waals surface area contributed by atoms with Crippen LogP contribution in [0.2, 0.25) is 0 Å². The molecule has 0 aliphatic heterocycles. The van der Waals surface area contributed by atoms with Gasteiger partial charge in [0.05, 0.1) is 11.8 Å². The third kappa shape index (κ3) is 3.56. The molecule has 0 radical (unpaired) electrons. The first-order valence-corrected chi connectivity index (χ1v) is 6.78. The summed E-state index contributed by atoms with van der Waals surface area (Å²) in [6, 6.07) is 6.55. The van der Waals surface area contributed by atoms with Crippen molar-refractivity contribution < 1.29 is 19.5 Å². The molecule has 21 heavy (non-hydrogen) atoms. The van der Waals surface area contributed by atoms with E-state index in [0.29, 0.717) is 24.1 Å². The summed E-state index contributed by atoms with van der Waals surface area (Å²) in [7, 11) is 0. The Kier molecular flexibility index (Phi) is 4.52. The molecule has 2 rings (SSSR count). The van der Waals surface area contributed by atoms with E-state index in [4.69, 9.17) is 5.11 Å². The first-order valence-electron chi connectivity index (χ1n) is 6.78. The molecule has 0 bridgehead atoms. The fourth-order valence-corrected chi connectivity index (χ4v) is 2.40. The number of nitrogens with one attached hydrogen (secondary N) is 1. The molecule has 5 heteroatoms. The Morgan fingerprint density at radius 3 is 2.14 bits per heavy atom. The van der Waals surface area contributed by atoms with E-state index in [2.05, 4.69) is 5.32 Å². The average molecular weight is 287 g/mol. The average Bonchev–Trinajstić information content (AvgIpc) is 2.47. The highest BCUT2D eigenvalue weighted by Gasteiger charge is 2.33. The van der Waals surface area contributed by atoms with E-state index in [1.807, 2.05) is 6.08 Å². The van der Waals surface area contributed by atoms with E-state index < -0.39 is 17.8 Å². The zero-order valence-corrected chi connectivity index (χ0v) is 11.7. The fourth-order valence-electron chi connectivity index (χ4n) is 2.40. The Morgan fingerprint density at radius 2 is 1.62 bits per heavy atom. The van der Waals surface area contributed by atoms with E-state index in [-0.39, 0.29) is 11.7 Å². The van der Waals surface area contributed by atoms with E-state index in [1.165, 1.54) is 6.92 Å². The number of carbonyl (C=O) groups excluding carboxylic acids is 2. The van der Waals surface area contributed by atoms with Gasteiger partial charge in [-0.2, -0.15) is 0 Å². The SMILES string of the molecule is CC(=O)c1ccc(NC(=O)[C@@H]2CC=CC[C@H]2C(=O)O)cc1. The molecular weight excluding hydrogens is 270 g/mol. The quantitative estimate of drug-likeness (QED) is 0.658. The lowest BCUT2D eigenvalue weighted by Gasteiger charge is -2.24. The van der Waals surface area contributed by atoms with E-state index in [1.54, 1.807) is 30.3 Å². The molecule has 0 fully saturated rings. The Balaban J connectivity index is 2.08. The third-order valence-corrected chi connectivity index (χ3v) is 3.65. The van der Waals surface area contributed by atoms with Gasteiger partial charge in [-0.15, -0.1) is 0 Å². The molecular formula is C16H17NO4. The first kappa shape index (κ1) is 15.0. The lowest BCUT2D eigenvalue weighted by Crippen LogP contribution is -2.34. The van der Waals surface area contributed by atoms with Gasteiger partial charge in [0, 0.05) is 11.3 Å². The molecule has 1 aromatic carbocycles. The van der Waals surface area contributed by atoms with E-state index in [9.17, 15) is 14.4 Å².